The quantitative estimate of drug-likeness (QED) is 0.642. The van der Waals surface area contributed by atoms with E-state index in [0.717, 1.165) is 12.8 Å². The van der Waals surface area contributed by atoms with E-state index in [-0.39, 0.29) is 24.5 Å². The molecule has 0 bridgehead atoms. The third kappa shape index (κ3) is 5.92. The highest BCUT2D eigenvalue weighted by atomic mass is 16.4. The molecule has 0 spiro atoms. The Kier molecular flexibility index (Phi) is 6.08. The van der Waals surface area contributed by atoms with E-state index in [1.165, 1.54) is 0 Å². The highest BCUT2D eigenvalue weighted by Crippen LogP contribution is 2.27. The smallest absolute Gasteiger partial charge is 0.317 e. The van der Waals surface area contributed by atoms with Gasteiger partial charge in [0.05, 0.1) is 6.10 Å². The molecule has 3 N–H and O–H groups in total. The van der Waals surface area contributed by atoms with Crippen molar-refractivity contribution in [1.29, 1.82) is 0 Å². The Bertz CT molecular complexity index is 316. The molecule has 0 saturated heterocycles. The summed E-state index contributed by atoms with van der Waals surface area (Å²) in [6.45, 7) is 3.07. The van der Waals surface area contributed by atoms with Gasteiger partial charge in [-0.05, 0) is 31.1 Å². The fourth-order valence-corrected chi connectivity index (χ4v) is 2.19. The molecular weight excluding hydrogens is 248 g/mol. The molecule has 0 heterocycles. The number of nitrogens with one attached hydrogen (secondary N) is 1. The van der Waals surface area contributed by atoms with Crippen LogP contribution >= 0.6 is 0 Å². The number of carbonyl (C=O) groups excluding carboxylic acids is 1. The second-order valence-corrected chi connectivity index (χ2v) is 5.60. The average molecular weight is 272 g/mol. The van der Waals surface area contributed by atoms with Gasteiger partial charge in [0.1, 0.15) is 0 Å². The van der Waals surface area contributed by atoms with Crippen molar-refractivity contribution in [3.63, 3.8) is 0 Å². The number of aliphatic carboxylic acids is 1. The lowest BCUT2D eigenvalue weighted by Crippen LogP contribution is -2.44. The lowest BCUT2D eigenvalue weighted by Gasteiger charge is -2.34. The van der Waals surface area contributed by atoms with Gasteiger partial charge in [-0.1, -0.05) is 6.92 Å². The number of aliphatic hydroxyl groups is 1. The summed E-state index contributed by atoms with van der Waals surface area (Å²) < 4.78 is 0. The fraction of sp³-hybridized carbons (Fsp3) is 0.846. The van der Waals surface area contributed by atoms with Gasteiger partial charge < -0.3 is 20.4 Å². The molecule has 2 amide bonds. The maximum Gasteiger partial charge on any atom is 0.317 e. The van der Waals surface area contributed by atoms with Crippen LogP contribution in [0, 0.1) is 11.8 Å². The summed E-state index contributed by atoms with van der Waals surface area (Å²) >= 11 is 0. The molecule has 1 unspecified atom stereocenters. The van der Waals surface area contributed by atoms with E-state index >= 15 is 0 Å². The van der Waals surface area contributed by atoms with E-state index in [2.05, 4.69) is 5.32 Å². The Morgan fingerprint density at radius 3 is 2.58 bits per heavy atom. The van der Waals surface area contributed by atoms with E-state index in [0.29, 0.717) is 25.4 Å². The van der Waals surface area contributed by atoms with Gasteiger partial charge in [-0.25, -0.2) is 4.79 Å². The summed E-state index contributed by atoms with van der Waals surface area (Å²) in [6.07, 6.45) is 2.04. The zero-order valence-electron chi connectivity index (χ0n) is 11.6. The number of carboxylic acids is 1. The number of carbonyl (C=O) groups is 2. The molecule has 1 atom stereocenters. The molecule has 1 saturated carbocycles. The van der Waals surface area contributed by atoms with Crippen molar-refractivity contribution >= 4 is 12.0 Å². The van der Waals surface area contributed by atoms with Crippen LogP contribution in [0.1, 0.15) is 32.6 Å². The summed E-state index contributed by atoms with van der Waals surface area (Å²) in [6, 6.07) is -0.136. The van der Waals surface area contributed by atoms with Crippen molar-refractivity contribution in [3.05, 3.63) is 0 Å². The topological polar surface area (TPSA) is 89.9 Å². The molecule has 1 aliphatic rings. The van der Waals surface area contributed by atoms with Crippen molar-refractivity contribution in [2.75, 3.05) is 20.1 Å². The van der Waals surface area contributed by atoms with Gasteiger partial charge in [0.25, 0.3) is 0 Å². The first-order valence-electron chi connectivity index (χ1n) is 6.77. The van der Waals surface area contributed by atoms with Crippen LogP contribution in [0.5, 0.6) is 0 Å². The fourth-order valence-electron chi connectivity index (χ4n) is 2.19. The normalized spacial score (nSPS) is 23.3. The number of amides is 2. The molecule has 0 aromatic rings. The summed E-state index contributed by atoms with van der Waals surface area (Å²) in [5, 5.41) is 20.6. The molecule has 0 aromatic heterocycles. The van der Waals surface area contributed by atoms with Crippen LogP contribution in [0.3, 0.4) is 0 Å². The first kappa shape index (κ1) is 15.8. The molecule has 0 aliphatic heterocycles. The van der Waals surface area contributed by atoms with Crippen LogP contribution in [-0.2, 0) is 4.79 Å². The van der Waals surface area contributed by atoms with Crippen molar-refractivity contribution < 1.29 is 19.8 Å². The Morgan fingerprint density at radius 2 is 2.05 bits per heavy atom. The van der Waals surface area contributed by atoms with Crippen LogP contribution < -0.4 is 5.32 Å². The van der Waals surface area contributed by atoms with Crippen LogP contribution in [0.4, 0.5) is 4.79 Å². The summed E-state index contributed by atoms with van der Waals surface area (Å²) in [4.78, 5) is 23.8. The Balaban J connectivity index is 2.13. The maximum absolute atomic E-state index is 11.8. The lowest BCUT2D eigenvalue weighted by atomic mass is 9.82. The maximum atomic E-state index is 11.8. The summed E-state index contributed by atoms with van der Waals surface area (Å²) in [7, 11) is 1.74. The standard InChI is InChI=1S/C13H24N2O4/c1-9(3-4-12(17)18)7-14-13(19)15(2)8-10-5-11(16)6-10/h9-11,16H,3-8H2,1-2H3,(H,14,19)(H,17,18). The van der Waals surface area contributed by atoms with Gasteiger partial charge in [0.15, 0.2) is 0 Å². The van der Waals surface area contributed by atoms with Crippen molar-refractivity contribution in [2.24, 2.45) is 11.8 Å². The SMILES string of the molecule is CC(CCC(=O)O)CNC(=O)N(C)CC1CC(O)C1. The minimum Gasteiger partial charge on any atom is -0.481 e. The largest absolute Gasteiger partial charge is 0.481 e. The molecule has 6 heteroatoms. The van der Waals surface area contributed by atoms with Gasteiger partial charge in [0, 0.05) is 26.6 Å². The van der Waals surface area contributed by atoms with Crippen LogP contribution in [0.25, 0.3) is 0 Å². The van der Waals surface area contributed by atoms with E-state index in [9.17, 15) is 14.7 Å². The number of hydrogen-bond donors (Lipinski definition) is 3. The molecule has 19 heavy (non-hydrogen) atoms. The predicted molar refractivity (Wildman–Crippen MR) is 70.8 cm³/mol. The lowest BCUT2D eigenvalue weighted by molar-refractivity contribution is -0.137. The number of urea groups is 1. The van der Waals surface area contributed by atoms with E-state index < -0.39 is 5.97 Å². The monoisotopic (exact) mass is 272 g/mol. The average Bonchev–Trinajstić information content (AvgIpc) is 2.31. The number of carboxylic acid groups (broad SMARTS) is 1. The molecule has 0 aromatic carbocycles. The first-order chi connectivity index (χ1) is 8.88. The zero-order valence-corrected chi connectivity index (χ0v) is 11.6. The van der Waals surface area contributed by atoms with Gasteiger partial charge >= 0.3 is 12.0 Å². The van der Waals surface area contributed by atoms with Crippen LogP contribution in [0.2, 0.25) is 0 Å². The van der Waals surface area contributed by atoms with Crippen molar-refractivity contribution in [1.82, 2.24) is 10.2 Å². The van der Waals surface area contributed by atoms with Gasteiger partial charge in [0.2, 0.25) is 0 Å². The highest BCUT2D eigenvalue weighted by Gasteiger charge is 2.29. The number of aliphatic hydroxyl groups excluding tert-OH is 1. The van der Waals surface area contributed by atoms with Gasteiger partial charge in [-0.3, -0.25) is 4.79 Å². The van der Waals surface area contributed by atoms with Gasteiger partial charge in [-0.15, -0.1) is 0 Å². The summed E-state index contributed by atoms with van der Waals surface area (Å²) in [5.74, 6) is -0.256. The van der Waals surface area contributed by atoms with Crippen molar-refractivity contribution in [3.8, 4) is 0 Å². The Morgan fingerprint density at radius 1 is 1.42 bits per heavy atom. The molecule has 0 radical (unpaired) electrons. The third-order valence-electron chi connectivity index (χ3n) is 3.54. The Labute approximate surface area is 113 Å². The first-order valence-corrected chi connectivity index (χ1v) is 6.77. The molecule has 1 rings (SSSR count). The van der Waals surface area contributed by atoms with Crippen LogP contribution in [0.15, 0.2) is 0 Å². The molecule has 6 nitrogen and oxygen atoms in total. The Hall–Kier alpha value is -1.30. The van der Waals surface area contributed by atoms with Crippen LogP contribution in [-0.4, -0.2) is 53.4 Å². The minimum absolute atomic E-state index is 0.132. The predicted octanol–water partition coefficient (Wildman–Crippen LogP) is 0.900. The minimum atomic E-state index is -0.807. The number of hydrogen-bond acceptors (Lipinski definition) is 3. The zero-order chi connectivity index (χ0) is 14.4. The van der Waals surface area contributed by atoms with Gasteiger partial charge in [-0.2, -0.15) is 0 Å². The van der Waals surface area contributed by atoms with E-state index in [4.69, 9.17) is 5.11 Å². The molecule has 110 valence electrons. The molecular formula is C13H24N2O4. The second-order valence-electron chi connectivity index (χ2n) is 5.60. The highest BCUT2D eigenvalue weighted by molar-refractivity contribution is 5.73. The molecule has 1 fully saturated rings. The number of rotatable bonds is 7. The number of nitrogens with zero attached hydrogens (tertiary/aromatic N) is 1. The van der Waals surface area contributed by atoms with E-state index in [1.54, 1.807) is 11.9 Å². The second kappa shape index (κ2) is 7.33. The molecule has 1 aliphatic carbocycles. The van der Waals surface area contributed by atoms with Crippen molar-refractivity contribution in [2.45, 2.75) is 38.7 Å². The van der Waals surface area contributed by atoms with E-state index in [1.807, 2.05) is 6.92 Å². The summed E-state index contributed by atoms with van der Waals surface area (Å²) in [5.41, 5.74) is 0. The third-order valence-corrected chi connectivity index (χ3v) is 3.54.